The summed E-state index contributed by atoms with van der Waals surface area (Å²) in [5.41, 5.74) is 6.15. The predicted octanol–water partition coefficient (Wildman–Crippen LogP) is 3.19. The maximum atomic E-state index is 4.68. The summed E-state index contributed by atoms with van der Waals surface area (Å²) in [4.78, 5) is 25.8. The standard InChI is InChI=1S/C22H14N8S/c1(14-2-4-17-15(9-14)10-26-29-17)3-16-5-7-23-21(27-16)18-6-8-24-22(28-18)30-11-19-20(12-30)31-13-25-19/h2,4-10,13H,11-12H2,(H,26,29). The molecule has 0 atom stereocenters. The minimum absolute atomic E-state index is 0.521. The van der Waals surface area contributed by atoms with Gasteiger partial charge in [-0.15, -0.1) is 11.3 Å². The monoisotopic (exact) mass is 422 g/mol. The number of nitrogens with zero attached hydrogens (tertiary/aromatic N) is 7. The van der Waals surface area contributed by atoms with Crippen LogP contribution in [0.15, 0.2) is 54.4 Å². The number of rotatable bonds is 2. The molecule has 0 radical (unpaired) electrons. The van der Waals surface area contributed by atoms with Gasteiger partial charge < -0.3 is 4.90 Å². The number of benzene rings is 1. The zero-order valence-corrected chi connectivity index (χ0v) is 17.0. The highest BCUT2D eigenvalue weighted by Crippen LogP contribution is 2.28. The predicted molar refractivity (Wildman–Crippen MR) is 117 cm³/mol. The number of thiazole rings is 1. The molecule has 1 aliphatic rings. The SMILES string of the molecule is C(#Cc1ccnc(-c2ccnc(N3Cc4ncsc4C3)n2)n1)c1ccc2[nH]ncc2c1. The lowest BCUT2D eigenvalue weighted by Crippen LogP contribution is -2.18. The molecule has 0 unspecified atom stereocenters. The second-order valence-corrected chi connectivity index (χ2v) is 7.95. The van der Waals surface area contributed by atoms with E-state index < -0.39 is 0 Å². The summed E-state index contributed by atoms with van der Waals surface area (Å²) in [5, 5.41) is 8.00. The lowest BCUT2D eigenvalue weighted by Gasteiger charge is -2.15. The summed E-state index contributed by atoms with van der Waals surface area (Å²) in [5.74, 6) is 7.44. The van der Waals surface area contributed by atoms with E-state index in [-0.39, 0.29) is 0 Å². The second-order valence-electron chi connectivity index (χ2n) is 7.01. The van der Waals surface area contributed by atoms with Crippen LogP contribution in [0.4, 0.5) is 5.95 Å². The van der Waals surface area contributed by atoms with E-state index >= 15 is 0 Å². The minimum Gasteiger partial charge on any atom is -0.330 e. The Morgan fingerprint density at radius 1 is 0.968 bits per heavy atom. The van der Waals surface area contributed by atoms with E-state index in [1.165, 1.54) is 4.88 Å². The van der Waals surface area contributed by atoms with Crippen LogP contribution in [-0.4, -0.2) is 35.1 Å². The van der Waals surface area contributed by atoms with Crippen molar-refractivity contribution in [1.29, 1.82) is 0 Å². The number of anilines is 1. The van der Waals surface area contributed by atoms with Gasteiger partial charge in [0.25, 0.3) is 0 Å². The third-order valence-corrected chi connectivity index (χ3v) is 5.85. The smallest absolute Gasteiger partial charge is 0.226 e. The molecule has 0 saturated heterocycles. The van der Waals surface area contributed by atoms with Crippen molar-refractivity contribution in [3.8, 4) is 23.4 Å². The Labute approximate surface area is 181 Å². The lowest BCUT2D eigenvalue weighted by atomic mass is 10.1. The maximum Gasteiger partial charge on any atom is 0.226 e. The summed E-state index contributed by atoms with van der Waals surface area (Å²) in [6.45, 7) is 1.49. The van der Waals surface area contributed by atoms with Crippen LogP contribution in [0.2, 0.25) is 0 Å². The van der Waals surface area contributed by atoms with Gasteiger partial charge in [0.1, 0.15) is 11.4 Å². The first-order valence-electron chi connectivity index (χ1n) is 9.60. The number of hydrogen-bond acceptors (Lipinski definition) is 8. The summed E-state index contributed by atoms with van der Waals surface area (Å²) in [6, 6.07) is 9.52. The minimum atomic E-state index is 0.521. The highest BCUT2D eigenvalue weighted by atomic mass is 32.1. The molecule has 0 aliphatic carbocycles. The highest BCUT2D eigenvalue weighted by molar-refractivity contribution is 7.09. The molecule has 6 rings (SSSR count). The number of fused-ring (bicyclic) bond motifs is 2. The van der Waals surface area contributed by atoms with Crippen LogP contribution >= 0.6 is 11.3 Å². The van der Waals surface area contributed by atoms with Crippen molar-refractivity contribution in [2.45, 2.75) is 13.1 Å². The zero-order valence-electron chi connectivity index (χ0n) is 16.1. The Morgan fingerprint density at radius 2 is 1.94 bits per heavy atom. The molecule has 1 N–H and O–H groups in total. The van der Waals surface area contributed by atoms with E-state index in [4.69, 9.17) is 0 Å². The van der Waals surface area contributed by atoms with Crippen LogP contribution in [-0.2, 0) is 13.1 Å². The van der Waals surface area contributed by atoms with Gasteiger partial charge in [-0.3, -0.25) is 5.10 Å². The number of aromatic nitrogens is 7. The average molecular weight is 422 g/mol. The van der Waals surface area contributed by atoms with Gasteiger partial charge in [0.15, 0.2) is 5.82 Å². The van der Waals surface area contributed by atoms with Crippen LogP contribution in [0.1, 0.15) is 21.8 Å². The molecule has 0 bridgehead atoms. The van der Waals surface area contributed by atoms with Crippen LogP contribution in [0, 0.1) is 11.8 Å². The average Bonchev–Trinajstić information content (AvgIpc) is 3.54. The molecule has 5 heterocycles. The maximum absolute atomic E-state index is 4.68. The highest BCUT2D eigenvalue weighted by Gasteiger charge is 2.23. The first-order chi connectivity index (χ1) is 15.3. The molecule has 0 amide bonds. The molecule has 0 spiro atoms. The van der Waals surface area contributed by atoms with E-state index in [1.807, 2.05) is 29.8 Å². The van der Waals surface area contributed by atoms with Crippen LogP contribution in [0.3, 0.4) is 0 Å². The van der Waals surface area contributed by atoms with E-state index in [0.717, 1.165) is 35.2 Å². The van der Waals surface area contributed by atoms with Crippen LogP contribution < -0.4 is 4.90 Å². The molecule has 31 heavy (non-hydrogen) atoms. The van der Waals surface area contributed by atoms with Crippen molar-refractivity contribution in [2.75, 3.05) is 4.90 Å². The van der Waals surface area contributed by atoms with Gasteiger partial charge in [-0.1, -0.05) is 5.92 Å². The van der Waals surface area contributed by atoms with Crippen LogP contribution in [0.5, 0.6) is 0 Å². The Morgan fingerprint density at radius 3 is 2.90 bits per heavy atom. The third-order valence-electron chi connectivity index (χ3n) is 4.99. The zero-order chi connectivity index (χ0) is 20.6. The fourth-order valence-electron chi connectivity index (χ4n) is 3.44. The third kappa shape index (κ3) is 3.39. The van der Waals surface area contributed by atoms with Gasteiger partial charge in [-0.05, 0) is 36.3 Å². The second kappa shape index (κ2) is 7.27. The molecule has 1 aliphatic heterocycles. The Kier molecular flexibility index (Phi) is 4.14. The molecule has 0 fully saturated rings. The first kappa shape index (κ1) is 17.7. The summed E-state index contributed by atoms with van der Waals surface area (Å²) in [6.07, 6.45) is 5.22. The van der Waals surface area contributed by atoms with Crippen molar-refractivity contribution >= 4 is 28.2 Å². The largest absolute Gasteiger partial charge is 0.330 e. The topological polar surface area (TPSA) is 96.4 Å². The van der Waals surface area contributed by atoms with E-state index in [0.29, 0.717) is 23.2 Å². The quantitative estimate of drug-likeness (QED) is 0.437. The number of H-pyrrole nitrogens is 1. The van der Waals surface area contributed by atoms with Crippen molar-refractivity contribution in [2.24, 2.45) is 0 Å². The first-order valence-corrected chi connectivity index (χ1v) is 10.5. The Hall–Kier alpha value is -4.16. The van der Waals surface area contributed by atoms with E-state index in [9.17, 15) is 0 Å². The van der Waals surface area contributed by atoms with Crippen LogP contribution in [0.25, 0.3) is 22.4 Å². The number of hydrogen-bond donors (Lipinski definition) is 1. The summed E-state index contributed by atoms with van der Waals surface area (Å²) in [7, 11) is 0. The Balaban J connectivity index is 1.27. The summed E-state index contributed by atoms with van der Waals surface area (Å²) < 4.78 is 0. The molecule has 0 saturated carbocycles. The number of nitrogens with one attached hydrogen (secondary N) is 1. The molecule has 5 aromatic rings. The fourth-order valence-corrected chi connectivity index (χ4v) is 4.23. The molecule has 1 aromatic carbocycles. The van der Waals surface area contributed by atoms with E-state index in [2.05, 4.69) is 51.9 Å². The van der Waals surface area contributed by atoms with Crippen molar-refractivity contribution in [1.82, 2.24) is 35.1 Å². The molecule has 9 heteroatoms. The molecular weight excluding hydrogens is 408 g/mol. The van der Waals surface area contributed by atoms with Gasteiger partial charge in [-0.25, -0.2) is 24.9 Å². The van der Waals surface area contributed by atoms with Crippen molar-refractivity contribution in [3.63, 3.8) is 0 Å². The molecule has 4 aromatic heterocycles. The van der Waals surface area contributed by atoms with Crippen molar-refractivity contribution < 1.29 is 0 Å². The Bertz CT molecular complexity index is 1450. The lowest BCUT2D eigenvalue weighted by molar-refractivity contribution is 0.821. The normalized spacial score (nSPS) is 12.6. The molecule has 148 valence electrons. The van der Waals surface area contributed by atoms with Gasteiger partial charge in [0.05, 0.1) is 36.0 Å². The van der Waals surface area contributed by atoms with Crippen molar-refractivity contribution in [3.05, 3.63) is 76.3 Å². The number of aromatic amines is 1. The fraction of sp³-hybridized carbons (Fsp3) is 0.0909. The van der Waals surface area contributed by atoms with Gasteiger partial charge in [-0.2, -0.15) is 5.10 Å². The molecular formula is C22H14N8S. The molecule has 8 nitrogen and oxygen atoms in total. The summed E-state index contributed by atoms with van der Waals surface area (Å²) >= 11 is 1.66. The van der Waals surface area contributed by atoms with E-state index in [1.54, 1.807) is 36.0 Å². The van der Waals surface area contributed by atoms with Gasteiger partial charge >= 0.3 is 0 Å². The van der Waals surface area contributed by atoms with Gasteiger partial charge in [0.2, 0.25) is 5.95 Å². The van der Waals surface area contributed by atoms with Gasteiger partial charge in [0, 0.05) is 28.2 Å².